The lowest BCUT2D eigenvalue weighted by Gasteiger charge is -2.32. The zero-order valence-corrected chi connectivity index (χ0v) is 10.4. The van der Waals surface area contributed by atoms with Crippen LogP contribution in [0.4, 0.5) is 0 Å². The zero-order valence-electron chi connectivity index (χ0n) is 10.4. The van der Waals surface area contributed by atoms with Crippen LogP contribution in [0.1, 0.15) is 6.42 Å². The Morgan fingerprint density at radius 2 is 2.06 bits per heavy atom. The first-order valence-corrected chi connectivity index (χ1v) is 5.93. The SMILES string of the molecule is COCCNC(=O)CCN1CCN(C=O)CC1. The second kappa shape index (κ2) is 8.03. The van der Waals surface area contributed by atoms with Crippen LogP contribution in [-0.2, 0) is 14.3 Å². The van der Waals surface area contributed by atoms with E-state index in [0.717, 1.165) is 39.1 Å². The molecule has 1 rings (SSSR count). The van der Waals surface area contributed by atoms with Gasteiger partial charge in [0.05, 0.1) is 6.61 Å². The standard InChI is InChI=1S/C11H21N3O3/c1-17-9-3-12-11(16)2-4-13-5-7-14(10-15)8-6-13/h10H,2-9H2,1H3,(H,12,16). The Kier molecular flexibility index (Phi) is 6.57. The molecule has 1 N–H and O–H groups in total. The third-order valence-electron chi connectivity index (χ3n) is 2.84. The lowest BCUT2D eigenvalue weighted by molar-refractivity contribution is -0.123. The van der Waals surface area contributed by atoms with Crippen molar-refractivity contribution < 1.29 is 14.3 Å². The second-order valence-corrected chi connectivity index (χ2v) is 4.08. The summed E-state index contributed by atoms with van der Waals surface area (Å²) in [5, 5.41) is 2.79. The van der Waals surface area contributed by atoms with Gasteiger partial charge in [-0.25, -0.2) is 0 Å². The molecule has 1 saturated heterocycles. The Morgan fingerprint density at radius 3 is 2.65 bits per heavy atom. The van der Waals surface area contributed by atoms with Crippen LogP contribution in [-0.4, -0.2) is 75.1 Å². The lowest BCUT2D eigenvalue weighted by atomic mass is 10.3. The van der Waals surface area contributed by atoms with E-state index in [1.165, 1.54) is 0 Å². The fraction of sp³-hybridized carbons (Fsp3) is 0.818. The Morgan fingerprint density at radius 1 is 1.35 bits per heavy atom. The molecule has 0 bridgehead atoms. The molecule has 0 spiro atoms. The van der Waals surface area contributed by atoms with Crippen LogP contribution in [0.25, 0.3) is 0 Å². The average molecular weight is 243 g/mol. The Balaban J connectivity index is 2.06. The maximum Gasteiger partial charge on any atom is 0.221 e. The van der Waals surface area contributed by atoms with Crippen LogP contribution < -0.4 is 5.32 Å². The molecular formula is C11H21N3O3. The predicted molar refractivity (Wildman–Crippen MR) is 63.6 cm³/mol. The minimum absolute atomic E-state index is 0.0554. The topological polar surface area (TPSA) is 61.9 Å². The van der Waals surface area contributed by atoms with Gasteiger partial charge in [-0.15, -0.1) is 0 Å². The summed E-state index contributed by atoms with van der Waals surface area (Å²) < 4.78 is 4.85. The maximum atomic E-state index is 11.4. The molecule has 0 aromatic rings. The summed E-state index contributed by atoms with van der Waals surface area (Å²) in [4.78, 5) is 25.9. The molecule has 98 valence electrons. The molecule has 0 radical (unpaired) electrons. The van der Waals surface area contributed by atoms with E-state index in [1.807, 2.05) is 0 Å². The van der Waals surface area contributed by atoms with Crippen LogP contribution in [0.15, 0.2) is 0 Å². The van der Waals surface area contributed by atoms with Crippen molar-refractivity contribution in [1.29, 1.82) is 0 Å². The number of carbonyl (C=O) groups is 2. The van der Waals surface area contributed by atoms with Gasteiger partial charge in [-0.1, -0.05) is 0 Å². The molecule has 6 nitrogen and oxygen atoms in total. The van der Waals surface area contributed by atoms with E-state index in [0.29, 0.717) is 19.6 Å². The number of nitrogens with zero attached hydrogens (tertiary/aromatic N) is 2. The summed E-state index contributed by atoms with van der Waals surface area (Å²) in [6.45, 7) is 5.08. The highest BCUT2D eigenvalue weighted by atomic mass is 16.5. The van der Waals surface area contributed by atoms with Crippen molar-refractivity contribution in [3.8, 4) is 0 Å². The first kappa shape index (κ1) is 13.9. The Labute approximate surface area is 102 Å². The Bertz CT molecular complexity index is 240. The predicted octanol–water partition coefficient (Wildman–Crippen LogP) is -1.09. The molecule has 0 aliphatic carbocycles. The monoisotopic (exact) mass is 243 g/mol. The smallest absolute Gasteiger partial charge is 0.221 e. The van der Waals surface area contributed by atoms with Gasteiger partial charge in [0.15, 0.2) is 0 Å². The molecule has 0 atom stereocenters. The van der Waals surface area contributed by atoms with E-state index in [2.05, 4.69) is 10.2 Å². The quantitative estimate of drug-likeness (QED) is 0.456. The Hall–Kier alpha value is -1.14. The van der Waals surface area contributed by atoms with E-state index in [-0.39, 0.29) is 5.91 Å². The minimum Gasteiger partial charge on any atom is -0.383 e. The second-order valence-electron chi connectivity index (χ2n) is 4.08. The number of ether oxygens (including phenoxy) is 1. The molecule has 0 aromatic heterocycles. The van der Waals surface area contributed by atoms with Gasteiger partial charge in [0.2, 0.25) is 12.3 Å². The van der Waals surface area contributed by atoms with E-state index in [9.17, 15) is 9.59 Å². The summed E-state index contributed by atoms with van der Waals surface area (Å²) >= 11 is 0. The third-order valence-corrected chi connectivity index (χ3v) is 2.84. The molecule has 0 saturated carbocycles. The number of hydrogen-bond donors (Lipinski definition) is 1. The van der Waals surface area contributed by atoms with Crippen LogP contribution in [0.5, 0.6) is 0 Å². The van der Waals surface area contributed by atoms with Crippen molar-refractivity contribution >= 4 is 12.3 Å². The summed E-state index contributed by atoms with van der Waals surface area (Å²) in [5.41, 5.74) is 0. The highest BCUT2D eigenvalue weighted by Gasteiger charge is 2.15. The van der Waals surface area contributed by atoms with Crippen molar-refractivity contribution in [3.63, 3.8) is 0 Å². The van der Waals surface area contributed by atoms with Crippen LogP contribution >= 0.6 is 0 Å². The van der Waals surface area contributed by atoms with Gasteiger partial charge >= 0.3 is 0 Å². The fourth-order valence-electron chi connectivity index (χ4n) is 1.73. The van der Waals surface area contributed by atoms with E-state index >= 15 is 0 Å². The molecule has 0 unspecified atom stereocenters. The average Bonchev–Trinajstić information content (AvgIpc) is 2.37. The number of nitrogens with one attached hydrogen (secondary N) is 1. The summed E-state index contributed by atoms with van der Waals surface area (Å²) in [6, 6.07) is 0. The van der Waals surface area contributed by atoms with Crippen LogP contribution in [0.3, 0.4) is 0 Å². The molecule has 0 aromatic carbocycles. The lowest BCUT2D eigenvalue weighted by Crippen LogP contribution is -2.46. The molecule has 1 heterocycles. The van der Waals surface area contributed by atoms with E-state index < -0.39 is 0 Å². The van der Waals surface area contributed by atoms with Crippen molar-refractivity contribution in [1.82, 2.24) is 15.1 Å². The first-order valence-electron chi connectivity index (χ1n) is 5.93. The van der Waals surface area contributed by atoms with Gasteiger partial charge in [-0.3, -0.25) is 14.5 Å². The molecule has 1 fully saturated rings. The number of rotatable bonds is 7. The van der Waals surface area contributed by atoms with Crippen molar-refractivity contribution in [3.05, 3.63) is 0 Å². The summed E-state index contributed by atoms with van der Waals surface area (Å²) in [5.74, 6) is 0.0554. The van der Waals surface area contributed by atoms with Crippen molar-refractivity contribution in [2.24, 2.45) is 0 Å². The largest absolute Gasteiger partial charge is 0.383 e. The van der Waals surface area contributed by atoms with Gasteiger partial charge in [-0.05, 0) is 0 Å². The van der Waals surface area contributed by atoms with Crippen LogP contribution in [0.2, 0.25) is 0 Å². The van der Waals surface area contributed by atoms with Gasteiger partial charge in [-0.2, -0.15) is 0 Å². The number of carbonyl (C=O) groups excluding carboxylic acids is 2. The highest BCUT2D eigenvalue weighted by Crippen LogP contribution is 2.00. The van der Waals surface area contributed by atoms with Crippen LogP contribution in [0, 0.1) is 0 Å². The van der Waals surface area contributed by atoms with E-state index in [4.69, 9.17) is 4.74 Å². The van der Waals surface area contributed by atoms with Gasteiger partial charge < -0.3 is 15.0 Å². The third kappa shape index (κ3) is 5.65. The number of methoxy groups -OCH3 is 1. The number of hydrogen-bond acceptors (Lipinski definition) is 4. The summed E-state index contributed by atoms with van der Waals surface area (Å²) in [6.07, 6.45) is 1.39. The zero-order chi connectivity index (χ0) is 12.5. The van der Waals surface area contributed by atoms with E-state index in [1.54, 1.807) is 12.0 Å². The normalized spacial score (nSPS) is 16.9. The molecule has 17 heavy (non-hydrogen) atoms. The first-order chi connectivity index (χ1) is 8.26. The molecule has 2 amide bonds. The number of amides is 2. The summed E-state index contributed by atoms with van der Waals surface area (Å²) in [7, 11) is 1.61. The molecule has 1 aliphatic rings. The van der Waals surface area contributed by atoms with Crippen molar-refractivity contribution in [2.45, 2.75) is 6.42 Å². The molecule has 1 aliphatic heterocycles. The minimum atomic E-state index is 0.0554. The van der Waals surface area contributed by atoms with Crippen molar-refractivity contribution in [2.75, 3.05) is 53.0 Å². The van der Waals surface area contributed by atoms with Gasteiger partial charge in [0, 0.05) is 52.8 Å². The molecule has 6 heteroatoms. The maximum absolute atomic E-state index is 11.4. The molecular weight excluding hydrogens is 222 g/mol. The number of piperazine rings is 1. The fourth-order valence-corrected chi connectivity index (χ4v) is 1.73. The van der Waals surface area contributed by atoms with Gasteiger partial charge in [0.1, 0.15) is 0 Å². The highest BCUT2D eigenvalue weighted by molar-refractivity contribution is 5.76. The van der Waals surface area contributed by atoms with Gasteiger partial charge in [0.25, 0.3) is 0 Å².